The Morgan fingerprint density at radius 1 is 1.00 bits per heavy atom. The molecular weight excluding hydrogens is 303 g/mol. The van der Waals surface area contributed by atoms with Crippen molar-refractivity contribution in [2.45, 2.75) is 26.4 Å². The molecule has 3 aromatic rings. The van der Waals surface area contributed by atoms with Crippen LogP contribution in [0.1, 0.15) is 24.6 Å². The fourth-order valence-corrected chi connectivity index (χ4v) is 2.53. The van der Waals surface area contributed by atoms with Crippen LogP contribution in [0.25, 0.3) is 11.3 Å². The average Bonchev–Trinajstić information content (AvgIpc) is 3.01. The topological polar surface area (TPSA) is 42.7 Å². The van der Waals surface area contributed by atoms with E-state index < -0.39 is 0 Å². The Labute approximate surface area is 141 Å². The Kier molecular flexibility index (Phi) is 5.33. The quantitative estimate of drug-likeness (QED) is 0.675. The molecule has 0 saturated heterocycles. The van der Waals surface area contributed by atoms with Crippen molar-refractivity contribution in [3.63, 3.8) is 0 Å². The van der Waals surface area contributed by atoms with Gasteiger partial charge in [0.1, 0.15) is 17.2 Å². The highest BCUT2D eigenvalue weighted by molar-refractivity contribution is 5.60. The first-order valence-corrected chi connectivity index (χ1v) is 8.21. The van der Waals surface area contributed by atoms with Crippen molar-refractivity contribution >= 4 is 0 Å². The third-order valence-electron chi connectivity index (χ3n) is 3.73. The molecule has 0 bridgehead atoms. The number of rotatable bonds is 7. The summed E-state index contributed by atoms with van der Waals surface area (Å²) in [6.45, 7) is 4.28. The molecule has 0 atom stereocenters. The predicted molar refractivity (Wildman–Crippen MR) is 93.0 cm³/mol. The van der Waals surface area contributed by atoms with Crippen LogP contribution in [0.3, 0.4) is 0 Å². The third kappa shape index (κ3) is 4.06. The predicted octanol–water partition coefficient (Wildman–Crippen LogP) is 3.63. The minimum atomic E-state index is -0.235. The molecule has 24 heavy (non-hydrogen) atoms. The second-order valence-corrected chi connectivity index (χ2v) is 5.69. The molecule has 4 nitrogen and oxygen atoms in total. The van der Waals surface area contributed by atoms with Crippen LogP contribution in [-0.4, -0.2) is 21.5 Å². The van der Waals surface area contributed by atoms with Crippen molar-refractivity contribution in [3.8, 4) is 11.3 Å². The Hall–Kier alpha value is -2.53. The van der Waals surface area contributed by atoms with E-state index in [9.17, 15) is 4.39 Å². The molecule has 2 aromatic carbocycles. The summed E-state index contributed by atoms with van der Waals surface area (Å²) in [5.74, 6) is -0.235. The Morgan fingerprint density at radius 2 is 1.75 bits per heavy atom. The van der Waals surface area contributed by atoms with E-state index in [0.29, 0.717) is 13.1 Å². The normalized spacial score (nSPS) is 10.9. The van der Waals surface area contributed by atoms with Crippen molar-refractivity contribution in [2.75, 3.05) is 6.54 Å². The lowest BCUT2D eigenvalue weighted by molar-refractivity contribution is 0.573. The van der Waals surface area contributed by atoms with Crippen LogP contribution in [0.4, 0.5) is 4.39 Å². The molecule has 0 fully saturated rings. The zero-order valence-corrected chi connectivity index (χ0v) is 13.7. The standard InChI is InChI=1S/C19H21FN4/c1-2-12-21-13-18-19(16-6-4-3-5-7-16)23-24(22-18)14-15-8-10-17(20)11-9-15/h3-11,21H,2,12-14H2,1H3. The molecule has 0 amide bonds. The SMILES string of the molecule is CCCNCc1nn(Cc2ccc(F)cc2)nc1-c1ccccc1. The maximum absolute atomic E-state index is 13.0. The summed E-state index contributed by atoms with van der Waals surface area (Å²) in [5.41, 5.74) is 3.84. The van der Waals surface area contributed by atoms with Gasteiger partial charge in [-0.05, 0) is 30.7 Å². The number of aromatic nitrogens is 3. The van der Waals surface area contributed by atoms with E-state index in [0.717, 1.165) is 35.5 Å². The second-order valence-electron chi connectivity index (χ2n) is 5.69. The largest absolute Gasteiger partial charge is 0.311 e. The maximum atomic E-state index is 13.0. The maximum Gasteiger partial charge on any atom is 0.123 e. The third-order valence-corrected chi connectivity index (χ3v) is 3.73. The van der Waals surface area contributed by atoms with Gasteiger partial charge in [0.25, 0.3) is 0 Å². The molecule has 3 rings (SSSR count). The van der Waals surface area contributed by atoms with Crippen LogP contribution in [0.5, 0.6) is 0 Å². The van der Waals surface area contributed by atoms with E-state index in [1.165, 1.54) is 12.1 Å². The first-order chi connectivity index (χ1) is 11.8. The van der Waals surface area contributed by atoms with E-state index in [1.54, 1.807) is 16.9 Å². The average molecular weight is 324 g/mol. The Balaban J connectivity index is 1.86. The summed E-state index contributed by atoms with van der Waals surface area (Å²) in [5, 5.41) is 12.7. The lowest BCUT2D eigenvalue weighted by Crippen LogP contribution is -2.15. The Morgan fingerprint density at radius 3 is 2.46 bits per heavy atom. The molecule has 5 heteroatoms. The van der Waals surface area contributed by atoms with Crippen molar-refractivity contribution in [1.29, 1.82) is 0 Å². The second kappa shape index (κ2) is 7.84. The summed E-state index contributed by atoms with van der Waals surface area (Å²) >= 11 is 0. The highest BCUT2D eigenvalue weighted by Gasteiger charge is 2.13. The van der Waals surface area contributed by atoms with Crippen LogP contribution in [0.2, 0.25) is 0 Å². The number of nitrogens with one attached hydrogen (secondary N) is 1. The monoisotopic (exact) mass is 324 g/mol. The zero-order chi connectivity index (χ0) is 16.8. The minimum Gasteiger partial charge on any atom is -0.311 e. The number of benzene rings is 2. The molecule has 0 aliphatic heterocycles. The Bertz CT molecular complexity index is 766. The van der Waals surface area contributed by atoms with Gasteiger partial charge in [-0.1, -0.05) is 49.4 Å². The van der Waals surface area contributed by atoms with Gasteiger partial charge >= 0.3 is 0 Å². The fraction of sp³-hybridized carbons (Fsp3) is 0.263. The van der Waals surface area contributed by atoms with E-state index in [1.807, 2.05) is 30.3 Å². The van der Waals surface area contributed by atoms with Gasteiger partial charge in [-0.3, -0.25) is 0 Å². The molecular formula is C19H21FN4. The number of halogens is 1. The first kappa shape index (κ1) is 16.3. The highest BCUT2D eigenvalue weighted by Crippen LogP contribution is 2.20. The summed E-state index contributed by atoms with van der Waals surface area (Å²) in [4.78, 5) is 1.68. The summed E-state index contributed by atoms with van der Waals surface area (Å²) < 4.78 is 13.0. The van der Waals surface area contributed by atoms with Gasteiger partial charge in [0.15, 0.2) is 0 Å². The van der Waals surface area contributed by atoms with Crippen LogP contribution in [-0.2, 0) is 13.1 Å². The van der Waals surface area contributed by atoms with Gasteiger partial charge in [-0.15, -0.1) is 0 Å². The zero-order valence-electron chi connectivity index (χ0n) is 13.7. The molecule has 1 heterocycles. The van der Waals surface area contributed by atoms with Crippen molar-refractivity contribution in [1.82, 2.24) is 20.3 Å². The lowest BCUT2D eigenvalue weighted by Gasteiger charge is -2.02. The van der Waals surface area contributed by atoms with Gasteiger partial charge < -0.3 is 5.32 Å². The van der Waals surface area contributed by atoms with Gasteiger partial charge in [0.2, 0.25) is 0 Å². The molecule has 1 aromatic heterocycles. The van der Waals surface area contributed by atoms with Gasteiger partial charge in [-0.25, -0.2) is 4.39 Å². The van der Waals surface area contributed by atoms with E-state index in [2.05, 4.69) is 22.4 Å². The number of hydrogen-bond acceptors (Lipinski definition) is 3. The molecule has 1 N–H and O–H groups in total. The van der Waals surface area contributed by atoms with Crippen LogP contribution >= 0.6 is 0 Å². The molecule has 0 aliphatic rings. The molecule has 0 unspecified atom stereocenters. The first-order valence-electron chi connectivity index (χ1n) is 8.21. The fourth-order valence-electron chi connectivity index (χ4n) is 2.53. The minimum absolute atomic E-state index is 0.235. The molecule has 124 valence electrons. The molecule has 0 radical (unpaired) electrons. The highest BCUT2D eigenvalue weighted by atomic mass is 19.1. The molecule has 0 aliphatic carbocycles. The smallest absolute Gasteiger partial charge is 0.123 e. The van der Waals surface area contributed by atoms with Gasteiger partial charge in [0.05, 0.1) is 6.54 Å². The summed E-state index contributed by atoms with van der Waals surface area (Å²) in [7, 11) is 0. The summed E-state index contributed by atoms with van der Waals surface area (Å²) in [6, 6.07) is 16.5. The van der Waals surface area contributed by atoms with Crippen LogP contribution in [0, 0.1) is 5.82 Å². The number of hydrogen-bond donors (Lipinski definition) is 1. The molecule has 0 spiro atoms. The number of nitrogens with zero attached hydrogens (tertiary/aromatic N) is 3. The van der Waals surface area contributed by atoms with Crippen molar-refractivity contribution in [2.24, 2.45) is 0 Å². The van der Waals surface area contributed by atoms with E-state index in [4.69, 9.17) is 0 Å². The molecule has 0 saturated carbocycles. The van der Waals surface area contributed by atoms with Gasteiger partial charge in [0, 0.05) is 12.1 Å². The van der Waals surface area contributed by atoms with Crippen LogP contribution in [0.15, 0.2) is 54.6 Å². The van der Waals surface area contributed by atoms with Crippen molar-refractivity contribution < 1.29 is 4.39 Å². The lowest BCUT2D eigenvalue weighted by atomic mass is 10.1. The van der Waals surface area contributed by atoms with Crippen LogP contribution < -0.4 is 5.32 Å². The van der Waals surface area contributed by atoms with E-state index >= 15 is 0 Å². The summed E-state index contributed by atoms with van der Waals surface area (Å²) in [6.07, 6.45) is 1.07. The van der Waals surface area contributed by atoms with Crippen molar-refractivity contribution in [3.05, 3.63) is 71.7 Å². The van der Waals surface area contributed by atoms with E-state index in [-0.39, 0.29) is 5.82 Å². The van der Waals surface area contributed by atoms with Gasteiger partial charge in [-0.2, -0.15) is 15.0 Å².